The molecular weight excluding hydrogens is 364 g/mol. The van der Waals surface area contributed by atoms with E-state index >= 15 is 0 Å². The molecule has 0 radical (unpaired) electrons. The van der Waals surface area contributed by atoms with Gasteiger partial charge in [0.15, 0.2) is 5.78 Å². The Morgan fingerprint density at radius 2 is 1.92 bits per heavy atom. The van der Waals surface area contributed by atoms with E-state index in [4.69, 9.17) is 11.6 Å². The van der Waals surface area contributed by atoms with Crippen LogP contribution in [0, 0.1) is 18.6 Å². The number of thioether (sulfide) groups is 1. The quantitative estimate of drug-likeness (QED) is 0.410. The lowest BCUT2D eigenvalue weighted by Gasteiger charge is -2.14. The molecule has 0 spiro atoms. The maximum Gasteiger partial charge on any atom is 0.159 e. The normalized spacial score (nSPS) is 11.1. The third-order valence-corrected chi connectivity index (χ3v) is 5.30. The first-order valence-corrected chi connectivity index (χ1v) is 9.08. The average molecular weight is 378 g/mol. The molecule has 0 fully saturated rings. The van der Waals surface area contributed by atoms with Crippen LogP contribution >= 0.6 is 23.4 Å². The van der Waals surface area contributed by atoms with E-state index in [1.165, 1.54) is 18.7 Å². The van der Waals surface area contributed by atoms with Crippen LogP contribution in [0.15, 0.2) is 35.2 Å². The number of Topliss-reactive ketones (excluding diaryl/α,β-unsaturated/α-hetero) is 1. The van der Waals surface area contributed by atoms with E-state index in [1.807, 2.05) is 12.3 Å². The van der Waals surface area contributed by atoms with Gasteiger partial charge in [0, 0.05) is 28.2 Å². The highest BCUT2D eigenvalue weighted by Crippen LogP contribution is 2.38. The summed E-state index contributed by atoms with van der Waals surface area (Å²) in [6.45, 7) is 3.22. The van der Waals surface area contributed by atoms with Crippen LogP contribution in [-0.2, 0) is 0 Å². The molecule has 0 aliphatic rings. The van der Waals surface area contributed by atoms with Gasteiger partial charge in [-0.05, 0) is 37.8 Å². The van der Waals surface area contributed by atoms with E-state index in [2.05, 4.69) is 4.98 Å². The fourth-order valence-corrected chi connectivity index (χ4v) is 3.59. The van der Waals surface area contributed by atoms with Gasteiger partial charge in [0.2, 0.25) is 0 Å². The van der Waals surface area contributed by atoms with Crippen LogP contribution in [0.2, 0.25) is 5.02 Å². The summed E-state index contributed by atoms with van der Waals surface area (Å²) in [5.41, 5.74) is 2.48. The van der Waals surface area contributed by atoms with E-state index in [-0.39, 0.29) is 21.7 Å². The molecule has 2 aromatic carbocycles. The third-order valence-electron chi connectivity index (χ3n) is 4.03. The van der Waals surface area contributed by atoms with Gasteiger partial charge < -0.3 is 0 Å². The zero-order chi connectivity index (χ0) is 18.3. The molecule has 0 aliphatic heterocycles. The molecule has 1 heterocycles. The molecule has 0 bridgehead atoms. The molecule has 1 aromatic heterocycles. The van der Waals surface area contributed by atoms with Crippen LogP contribution < -0.4 is 0 Å². The van der Waals surface area contributed by atoms with Gasteiger partial charge in [-0.25, -0.2) is 13.8 Å². The van der Waals surface area contributed by atoms with Crippen molar-refractivity contribution in [3.8, 4) is 11.3 Å². The minimum absolute atomic E-state index is 0.0736. The SMILES string of the molecule is CSc1ccc(C(C)=O)cc1-c1nc2cc(F)cc(F)c2c(Cl)c1C. The zero-order valence-corrected chi connectivity index (χ0v) is 15.4. The number of rotatable bonds is 3. The van der Waals surface area contributed by atoms with E-state index in [1.54, 1.807) is 19.1 Å². The Morgan fingerprint density at radius 1 is 1.20 bits per heavy atom. The zero-order valence-electron chi connectivity index (χ0n) is 13.8. The summed E-state index contributed by atoms with van der Waals surface area (Å²) in [7, 11) is 0. The Balaban J connectivity index is 2.38. The van der Waals surface area contributed by atoms with Crippen molar-refractivity contribution in [1.82, 2.24) is 4.98 Å². The molecule has 0 N–H and O–H groups in total. The molecule has 0 unspecified atom stereocenters. The van der Waals surface area contributed by atoms with Crippen molar-refractivity contribution in [1.29, 1.82) is 0 Å². The van der Waals surface area contributed by atoms with Crippen LogP contribution in [0.5, 0.6) is 0 Å². The molecule has 0 saturated heterocycles. The predicted molar refractivity (Wildman–Crippen MR) is 98.6 cm³/mol. The second kappa shape index (κ2) is 6.73. The number of hydrogen-bond acceptors (Lipinski definition) is 3. The highest BCUT2D eigenvalue weighted by atomic mass is 35.5. The maximum absolute atomic E-state index is 14.1. The molecule has 0 saturated carbocycles. The monoisotopic (exact) mass is 377 g/mol. The first-order valence-electron chi connectivity index (χ1n) is 7.47. The lowest BCUT2D eigenvalue weighted by molar-refractivity contribution is 0.101. The summed E-state index contributed by atoms with van der Waals surface area (Å²) in [4.78, 5) is 17.1. The van der Waals surface area contributed by atoms with Crippen LogP contribution in [0.25, 0.3) is 22.2 Å². The molecule has 3 rings (SSSR count). The van der Waals surface area contributed by atoms with Gasteiger partial charge in [-0.15, -0.1) is 11.8 Å². The van der Waals surface area contributed by atoms with E-state index in [0.717, 1.165) is 17.0 Å². The fraction of sp³-hybridized carbons (Fsp3) is 0.158. The minimum atomic E-state index is -0.746. The number of halogens is 3. The van der Waals surface area contributed by atoms with Crippen LogP contribution in [-0.4, -0.2) is 17.0 Å². The number of benzene rings is 2. The summed E-state index contributed by atoms with van der Waals surface area (Å²) < 4.78 is 27.7. The molecule has 128 valence electrons. The molecule has 6 heteroatoms. The summed E-state index contributed by atoms with van der Waals surface area (Å²) in [6, 6.07) is 7.26. The summed E-state index contributed by atoms with van der Waals surface area (Å²) in [5, 5.41) is 0.288. The standard InChI is InChI=1S/C19H14ClF2NOS/c1-9-18(20)17-14(22)7-12(21)8-15(17)23-19(9)13-6-11(10(2)24)4-5-16(13)25-3/h4-8H,1-3H3. The van der Waals surface area contributed by atoms with Gasteiger partial charge in [-0.2, -0.15) is 0 Å². The summed E-state index contributed by atoms with van der Waals surface area (Å²) in [5.74, 6) is -1.54. The van der Waals surface area contributed by atoms with Crippen LogP contribution in [0.1, 0.15) is 22.8 Å². The molecule has 0 atom stereocenters. The van der Waals surface area contributed by atoms with Crippen molar-refractivity contribution < 1.29 is 13.6 Å². The van der Waals surface area contributed by atoms with Gasteiger partial charge in [-0.3, -0.25) is 4.79 Å². The fourth-order valence-electron chi connectivity index (χ4n) is 2.74. The second-order valence-corrected chi connectivity index (χ2v) is 6.88. The van der Waals surface area contributed by atoms with Crippen molar-refractivity contribution >= 4 is 40.0 Å². The Bertz CT molecular complexity index is 1020. The second-order valence-electron chi connectivity index (χ2n) is 5.65. The third kappa shape index (κ3) is 3.14. The van der Waals surface area contributed by atoms with Crippen molar-refractivity contribution in [3.63, 3.8) is 0 Å². The number of pyridine rings is 1. The van der Waals surface area contributed by atoms with Gasteiger partial charge in [0.05, 0.1) is 21.6 Å². The van der Waals surface area contributed by atoms with Gasteiger partial charge >= 0.3 is 0 Å². The smallest absolute Gasteiger partial charge is 0.159 e. The molecule has 2 nitrogen and oxygen atoms in total. The molecule has 0 amide bonds. The Kier molecular flexibility index (Phi) is 4.80. The van der Waals surface area contributed by atoms with Crippen molar-refractivity contribution in [2.24, 2.45) is 0 Å². The van der Waals surface area contributed by atoms with Crippen molar-refractivity contribution in [2.75, 3.05) is 6.26 Å². The van der Waals surface area contributed by atoms with E-state index in [9.17, 15) is 13.6 Å². The average Bonchev–Trinajstić information content (AvgIpc) is 2.56. The molecule has 3 aromatic rings. The Labute approximate surface area is 153 Å². The Hall–Kier alpha value is -1.98. The Morgan fingerprint density at radius 3 is 2.56 bits per heavy atom. The molecular formula is C19H14ClF2NOS. The predicted octanol–water partition coefficient (Wildman–Crippen LogP) is 6.07. The highest BCUT2D eigenvalue weighted by Gasteiger charge is 2.18. The molecule has 25 heavy (non-hydrogen) atoms. The first kappa shape index (κ1) is 17.8. The number of hydrogen-bond donors (Lipinski definition) is 0. The van der Waals surface area contributed by atoms with Gasteiger partial charge in [0.1, 0.15) is 11.6 Å². The topological polar surface area (TPSA) is 30.0 Å². The maximum atomic E-state index is 14.1. The highest BCUT2D eigenvalue weighted by molar-refractivity contribution is 7.98. The lowest BCUT2D eigenvalue weighted by Crippen LogP contribution is -1.99. The number of nitrogens with zero attached hydrogens (tertiary/aromatic N) is 1. The van der Waals surface area contributed by atoms with Crippen LogP contribution in [0.4, 0.5) is 8.78 Å². The first-order chi connectivity index (χ1) is 11.8. The van der Waals surface area contributed by atoms with Crippen LogP contribution in [0.3, 0.4) is 0 Å². The summed E-state index contributed by atoms with van der Waals surface area (Å²) >= 11 is 7.85. The lowest BCUT2D eigenvalue weighted by atomic mass is 10.0. The van der Waals surface area contributed by atoms with Gasteiger partial charge in [0.25, 0.3) is 0 Å². The number of carbonyl (C=O) groups is 1. The number of carbonyl (C=O) groups excluding carboxylic acids is 1. The van der Waals surface area contributed by atoms with Crippen molar-refractivity contribution in [2.45, 2.75) is 18.7 Å². The summed E-state index contributed by atoms with van der Waals surface area (Å²) in [6.07, 6.45) is 1.91. The van der Waals surface area contributed by atoms with E-state index < -0.39 is 11.6 Å². The number of aromatic nitrogens is 1. The van der Waals surface area contributed by atoms with Crippen molar-refractivity contribution in [3.05, 3.63) is 58.1 Å². The minimum Gasteiger partial charge on any atom is -0.295 e. The number of ketones is 1. The number of fused-ring (bicyclic) bond motifs is 1. The van der Waals surface area contributed by atoms with Gasteiger partial charge in [-0.1, -0.05) is 17.7 Å². The van der Waals surface area contributed by atoms with E-state index in [0.29, 0.717) is 22.4 Å². The largest absolute Gasteiger partial charge is 0.295 e. The molecule has 0 aliphatic carbocycles.